The molecule has 4 nitrogen and oxygen atoms in total. The van der Waals surface area contributed by atoms with Crippen LogP contribution >= 0.6 is 0 Å². The first-order valence-electron chi connectivity index (χ1n) is 21.5. The topological polar surface area (TPSA) is 63.6 Å². The molecular formula is C43H86O4. The molecule has 47 heavy (non-hydrogen) atoms. The molecule has 0 aromatic rings. The zero-order chi connectivity index (χ0) is 34.7. The molecule has 0 aliphatic carbocycles. The molecule has 282 valence electrons. The fourth-order valence-electron chi connectivity index (χ4n) is 6.28. The number of rotatable bonds is 38. The van der Waals surface area contributed by atoms with Gasteiger partial charge >= 0.3 is 11.9 Å². The van der Waals surface area contributed by atoms with Gasteiger partial charge in [0.15, 0.2) is 0 Å². The van der Waals surface area contributed by atoms with Gasteiger partial charge in [-0.25, -0.2) is 0 Å². The summed E-state index contributed by atoms with van der Waals surface area (Å²) in [6, 6.07) is 0. The summed E-state index contributed by atoms with van der Waals surface area (Å²) in [6.45, 7) is 7.17. The largest absolute Gasteiger partial charge is 0.481 e. The summed E-state index contributed by atoms with van der Waals surface area (Å²) >= 11 is 0. The van der Waals surface area contributed by atoms with Crippen molar-refractivity contribution in [1.29, 1.82) is 0 Å². The van der Waals surface area contributed by atoms with Gasteiger partial charge in [0.1, 0.15) is 0 Å². The molecule has 0 saturated carbocycles. The molecule has 0 amide bonds. The van der Waals surface area contributed by atoms with Crippen LogP contribution in [-0.4, -0.2) is 23.7 Å². The molecule has 0 radical (unpaired) electrons. The Morgan fingerprint density at radius 3 is 0.809 bits per heavy atom. The van der Waals surface area contributed by atoms with E-state index in [9.17, 15) is 9.59 Å². The summed E-state index contributed by atoms with van der Waals surface area (Å²) < 4.78 is 5.09. The van der Waals surface area contributed by atoms with E-state index >= 15 is 0 Å². The SMILES string of the molecule is CCCCCCCCCCCCCCCCCCC(=O)O.CCCCCCCCCCCCCCCCCCCCC(=O)OCCC. The van der Waals surface area contributed by atoms with Gasteiger partial charge in [0, 0.05) is 12.8 Å². The number of carboxylic acids is 1. The van der Waals surface area contributed by atoms with Gasteiger partial charge in [-0.3, -0.25) is 9.59 Å². The Kier molecular flexibility index (Phi) is 45.9. The Morgan fingerprint density at radius 1 is 0.340 bits per heavy atom. The van der Waals surface area contributed by atoms with Crippen LogP contribution in [0.1, 0.15) is 258 Å². The first-order valence-corrected chi connectivity index (χ1v) is 21.5. The second-order valence-corrected chi connectivity index (χ2v) is 14.4. The highest BCUT2D eigenvalue weighted by Crippen LogP contribution is 2.16. The van der Waals surface area contributed by atoms with Crippen LogP contribution in [0.4, 0.5) is 0 Å². The lowest BCUT2D eigenvalue weighted by molar-refractivity contribution is -0.143. The number of carbonyl (C=O) groups excluding carboxylic acids is 1. The summed E-state index contributed by atoms with van der Waals surface area (Å²) in [5.74, 6) is -0.663. The smallest absolute Gasteiger partial charge is 0.305 e. The third-order valence-electron chi connectivity index (χ3n) is 9.45. The van der Waals surface area contributed by atoms with E-state index in [-0.39, 0.29) is 5.97 Å². The summed E-state index contributed by atoms with van der Waals surface area (Å²) in [5.41, 5.74) is 0. The minimum atomic E-state index is -0.652. The van der Waals surface area contributed by atoms with Gasteiger partial charge in [0.2, 0.25) is 0 Å². The van der Waals surface area contributed by atoms with Crippen LogP contribution in [0.5, 0.6) is 0 Å². The lowest BCUT2D eigenvalue weighted by Gasteiger charge is -2.04. The quantitative estimate of drug-likeness (QED) is 0.0526. The van der Waals surface area contributed by atoms with Gasteiger partial charge in [-0.1, -0.05) is 226 Å². The molecule has 0 aliphatic rings. The van der Waals surface area contributed by atoms with E-state index in [1.54, 1.807) is 0 Å². The van der Waals surface area contributed by atoms with Gasteiger partial charge in [-0.05, 0) is 19.3 Å². The van der Waals surface area contributed by atoms with Gasteiger partial charge in [0.25, 0.3) is 0 Å². The molecule has 0 atom stereocenters. The highest BCUT2D eigenvalue weighted by Gasteiger charge is 2.02. The number of unbranched alkanes of at least 4 members (excludes halogenated alkanes) is 32. The average molecular weight is 667 g/mol. The zero-order valence-electron chi connectivity index (χ0n) is 32.5. The number of ether oxygens (including phenoxy) is 1. The Labute approximate surface area is 295 Å². The molecule has 0 spiro atoms. The van der Waals surface area contributed by atoms with Crippen LogP contribution in [0, 0.1) is 0 Å². The van der Waals surface area contributed by atoms with E-state index in [0.717, 1.165) is 25.7 Å². The van der Waals surface area contributed by atoms with Crippen LogP contribution < -0.4 is 0 Å². The van der Waals surface area contributed by atoms with E-state index in [0.29, 0.717) is 19.4 Å². The van der Waals surface area contributed by atoms with Crippen LogP contribution in [0.25, 0.3) is 0 Å². The number of hydrogen-bond donors (Lipinski definition) is 1. The van der Waals surface area contributed by atoms with Crippen LogP contribution in [0.3, 0.4) is 0 Å². The van der Waals surface area contributed by atoms with E-state index in [1.165, 1.54) is 199 Å². The summed E-state index contributed by atoms with van der Waals surface area (Å²) in [5, 5.41) is 8.53. The maximum absolute atomic E-state index is 11.4. The number of carboxylic acid groups (broad SMARTS) is 1. The lowest BCUT2D eigenvalue weighted by atomic mass is 10.0. The van der Waals surface area contributed by atoms with Crippen molar-refractivity contribution in [3.8, 4) is 0 Å². The molecule has 0 heterocycles. The van der Waals surface area contributed by atoms with E-state index in [2.05, 4.69) is 13.8 Å². The van der Waals surface area contributed by atoms with Crippen LogP contribution in [0.2, 0.25) is 0 Å². The predicted octanol–water partition coefficient (Wildman–Crippen LogP) is 15.1. The van der Waals surface area contributed by atoms with Gasteiger partial charge in [-0.2, -0.15) is 0 Å². The normalized spacial score (nSPS) is 11.0. The molecule has 0 unspecified atom stereocenters. The molecule has 0 fully saturated rings. The molecule has 4 heteroatoms. The number of aliphatic carboxylic acids is 1. The van der Waals surface area contributed by atoms with Gasteiger partial charge in [0.05, 0.1) is 6.61 Å². The standard InChI is InChI=1S/C24H48O2.C19H38O2/c1-3-5-6-7-8-9-10-11-12-13-14-15-16-17-18-19-20-21-22-24(25)26-23-4-2;1-2-3-4-5-6-7-8-9-10-11-12-13-14-15-16-17-18-19(20)21/h3-23H2,1-2H3;2-18H2,1H3,(H,20,21). The van der Waals surface area contributed by atoms with Gasteiger partial charge in [-0.15, -0.1) is 0 Å². The summed E-state index contributed by atoms with van der Waals surface area (Å²) in [6.07, 6.45) is 48.0. The molecule has 0 aliphatic heterocycles. The maximum atomic E-state index is 11.4. The third kappa shape index (κ3) is 49.4. The molecule has 0 rings (SSSR count). The monoisotopic (exact) mass is 667 g/mol. The van der Waals surface area contributed by atoms with Crippen molar-refractivity contribution in [2.24, 2.45) is 0 Å². The van der Waals surface area contributed by atoms with Crippen molar-refractivity contribution in [3.05, 3.63) is 0 Å². The molecule has 1 N–H and O–H groups in total. The Morgan fingerprint density at radius 2 is 0.574 bits per heavy atom. The third-order valence-corrected chi connectivity index (χ3v) is 9.45. The first kappa shape index (κ1) is 48.1. The van der Waals surface area contributed by atoms with Crippen molar-refractivity contribution >= 4 is 11.9 Å². The zero-order valence-corrected chi connectivity index (χ0v) is 32.5. The number of hydrogen-bond acceptors (Lipinski definition) is 3. The average Bonchev–Trinajstić information content (AvgIpc) is 3.06. The molecule has 0 saturated heterocycles. The maximum Gasteiger partial charge on any atom is 0.305 e. The van der Waals surface area contributed by atoms with E-state index < -0.39 is 5.97 Å². The summed E-state index contributed by atoms with van der Waals surface area (Å²) in [7, 11) is 0. The molecule has 0 aromatic heterocycles. The van der Waals surface area contributed by atoms with Crippen LogP contribution in [-0.2, 0) is 14.3 Å². The van der Waals surface area contributed by atoms with Crippen LogP contribution in [0.15, 0.2) is 0 Å². The van der Waals surface area contributed by atoms with E-state index in [1.807, 2.05) is 6.92 Å². The van der Waals surface area contributed by atoms with Crippen molar-refractivity contribution in [2.45, 2.75) is 258 Å². The Bertz CT molecular complexity index is 590. The predicted molar refractivity (Wildman–Crippen MR) is 206 cm³/mol. The molecule has 0 bridgehead atoms. The van der Waals surface area contributed by atoms with Crippen molar-refractivity contribution in [1.82, 2.24) is 0 Å². The highest BCUT2D eigenvalue weighted by molar-refractivity contribution is 5.69. The lowest BCUT2D eigenvalue weighted by Crippen LogP contribution is -2.04. The minimum Gasteiger partial charge on any atom is -0.481 e. The fourth-order valence-corrected chi connectivity index (χ4v) is 6.28. The summed E-state index contributed by atoms with van der Waals surface area (Å²) in [4.78, 5) is 21.7. The number of esters is 1. The first-order chi connectivity index (χ1) is 23.1. The van der Waals surface area contributed by atoms with Gasteiger partial charge < -0.3 is 9.84 Å². The van der Waals surface area contributed by atoms with Crippen molar-refractivity contribution in [3.63, 3.8) is 0 Å². The van der Waals surface area contributed by atoms with Crippen molar-refractivity contribution in [2.75, 3.05) is 6.61 Å². The fraction of sp³-hybridized carbons (Fsp3) is 0.953. The highest BCUT2D eigenvalue weighted by atomic mass is 16.5. The van der Waals surface area contributed by atoms with Crippen molar-refractivity contribution < 1.29 is 19.4 Å². The Hall–Kier alpha value is -1.06. The molecule has 0 aromatic carbocycles. The number of carbonyl (C=O) groups is 2. The second-order valence-electron chi connectivity index (χ2n) is 14.4. The van der Waals surface area contributed by atoms with E-state index in [4.69, 9.17) is 9.84 Å². The Balaban J connectivity index is 0. The molecular weight excluding hydrogens is 580 g/mol. The second kappa shape index (κ2) is 44.9. The minimum absolute atomic E-state index is 0.0108.